The van der Waals surface area contributed by atoms with E-state index in [1.165, 1.54) is 38.9 Å². The molecule has 52 heavy (non-hydrogen) atoms. The molecule has 6 aromatic carbocycles. The van der Waals surface area contributed by atoms with E-state index in [1.54, 1.807) is 17.4 Å². The Morgan fingerprint density at radius 1 is 0.596 bits per heavy atom. The van der Waals surface area contributed by atoms with Crippen LogP contribution in [0.5, 0.6) is 0 Å². The lowest BCUT2D eigenvalue weighted by molar-refractivity contribution is 0.592. The van der Waals surface area contributed by atoms with E-state index in [9.17, 15) is 0 Å². The van der Waals surface area contributed by atoms with Crippen LogP contribution < -0.4 is 0 Å². The molecule has 254 valence electrons. The van der Waals surface area contributed by atoms with Crippen LogP contribution >= 0.6 is 11.3 Å². The van der Waals surface area contributed by atoms with Gasteiger partial charge in [-0.15, -0.1) is 0 Å². The van der Waals surface area contributed by atoms with Gasteiger partial charge in [-0.3, -0.25) is 13.4 Å². The second-order valence-corrected chi connectivity index (χ2v) is 16.1. The number of hydrogen-bond donors (Lipinski definition) is 0. The Morgan fingerprint density at radius 3 is 2.08 bits per heavy atom. The maximum atomic E-state index is 8.12. The van der Waals surface area contributed by atoms with Crippen molar-refractivity contribution >= 4 is 65.4 Å². The largest absolute Gasteiger partial charge is 0.283 e. The highest BCUT2D eigenvalue weighted by atomic mass is 32.1. The van der Waals surface area contributed by atoms with Crippen LogP contribution in [-0.2, 0) is 5.41 Å². The molecule has 0 amide bonds. The Balaban J connectivity index is 1.20. The fraction of sp³-hybridized carbons (Fsp3) is 0.174. The van der Waals surface area contributed by atoms with Crippen molar-refractivity contribution in [1.82, 2.24) is 23.3 Å². The van der Waals surface area contributed by atoms with Crippen LogP contribution in [0.4, 0.5) is 0 Å². The smallest absolute Gasteiger partial charge is 0.220 e. The lowest BCUT2D eigenvalue weighted by atomic mass is 9.80. The first-order valence-electron chi connectivity index (χ1n) is 19.3. The molecule has 10 rings (SSSR count). The lowest BCUT2D eigenvalue weighted by Gasteiger charge is -2.25. The van der Waals surface area contributed by atoms with Crippen molar-refractivity contribution in [3.63, 3.8) is 0 Å². The van der Waals surface area contributed by atoms with Gasteiger partial charge in [0.1, 0.15) is 0 Å². The van der Waals surface area contributed by atoms with Crippen LogP contribution in [0.15, 0.2) is 109 Å². The van der Waals surface area contributed by atoms with E-state index in [4.69, 9.17) is 14.1 Å². The van der Waals surface area contributed by atoms with E-state index < -0.39 is 6.85 Å². The maximum Gasteiger partial charge on any atom is 0.220 e. The third-order valence-electron chi connectivity index (χ3n) is 10.8. The van der Waals surface area contributed by atoms with Crippen molar-refractivity contribution in [3.05, 3.63) is 137 Å². The Bertz CT molecular complexity index is 3220. The molecule has 0 aliphatic carbocycles. The second-order valence-electron chi connectivity index (χ2n) is 15.1. The average Bonchev–Trinajstić information content (AvgIpc) is 3.88. The van der Waals surface area contributed by atoms with E-state index >= 15 is 0 Å². The predicted octanol–water partition coefficient (Wildman–Crippen LogP) is 12.3. The SMILES string of the molecule is [2H]C([2H])([2H])c1cccc2c1nc1sc3c(-c4cccc(-c5cc(-n6c7ccccc7n7c8cccc(C)c8nc67)ccc5C(C)(C)C)c4C)c(C)ccc3n12. The van der Waals surface area contributed by atoms with Gasteiger partial charge in [-0.05, 0) is 120 Å². The summed E-state index contributed by atoms with van der Waals surface area (Å²) in [5, 5.41) is 0. The predicted molar refractivity (Wildman–Crippen MR) is 220 cm³/mol. The quantitative estimate of drug-likeness (QED) is 0.184. The molecule has 5 nitrogen and oxygen atoms in total. The minimum Gasteiger partial charge on any atom is -0.283 e. The normalized spacial score (nSPS) is 13.6. The molecule has 0 fully saturated rings. The van der Waals surface area contributed by atoms with E-state index in [0.717, 1.165) is 59.8 Å². The molecule has 4 aromatic heterocycles. The Morgan fingerprint density at radius 2 is 1.29 bits per heavy atom. The van der Waals surface area contributed by atoms with Crippen molar-refractivity contribution in [2.45, 2.75) is 53.8 Å². The standard InChI is InChI=1S/C46H39N5S/c1-26-21-24-39-43(52-45-48-42-28(3)14-11-20-38(42)51(39)45)40(26)32-16-12-15-31(29(32)4)33-25-30(22-23-34(33)46(5,6)7)49-35-17-8-9-18-36(35)50-37-19-10-13-27(2)41(37)47-44(49)50/h8-25H,1-7H3/i3D3. The first kappa shape index (κ1) is 27.9. The van der Waals surface area contributed by atoms with Gasteiger partial charge in [0, 0.05) is 15.4 Å². The average molecular weight is 697 g/mol. The molecule has 10 aromatic rings. The monoisotopic (exact) mass is 696 g/mol. The fourth-order valence-electron chi connectivity index (χ4n) is 8.32. The summed E-state index contributed by atoms with van der Waals surface area (Å²) >= 11 is 1.62. The molecule has 0 bridgehead atoms. The summed E-state index contributed by atoms with van der Waals surface area (Å²) in [6, 6.07) is 38.3. The summed E-state index contributed by atoms with van der Waals surface area (Å²) < 4.78 is 32.2. The Kier molecular flexibility index (Phi) is 5.85. The van der Waals surface area contributed by atoms with E-state index in [2.05, 4.69) is 146 Å². The zero-order valence-electron chi connectivity index (χ0n) is 33.0. The van der Waals surface area contributed by atoms with Crippen molar-refractivity contribution in [1.29, 1.82) is 0 Å². The van der Waals surface area contributed by atoms with Crippen LogP contribution in [0.25, 0.3) is 82.0 Å². The van der Waals surface area contributed by atoms with Crippen LogP contribution in [0, 0.1) is 27.6 Å². The minimum absolute atomic E-state index is 0.118. The molecule has 0 atom stereocenters. The van der Waals surface area contributed by atoms with Gasteiger partial charge in [-0.25, -0.2) is 9.97 Å². The summed E-state index contributed by atoms with van der Waals surface area (Å²) in [6.07, 6.45) is 0. The number of hydrogen-bond acceptors (Lipinski definition) is 3. The number of fused-ring (bicyclic) bond motifs is 10. The van der Waals surface area contributed by atoms with Gasteiger partial charge >= 0.3 is 0 Å². The van der Waals surface area contributed by atoms with Gasteiger partial charge in [-0.2, -0.15) is 0 Å². The highest BCUT2D eigenvalue weighted by Gasteiger charge is 2.25. The number of aromatic nitrogens is 5. The number of aryl methyl sites for hydroxylation is 3. The summed E-state index contributed by atoms with van der Waals surface area (Å²) in [5.41, 5.74) is 17.5. The molecular weight excluding hydrogens is 655 g/mol. The van der Waals surface area contributed by atoms with Gasteiger partial charge in [0.25, 0.3) is 0 Å². The van der Waals surface area contributed by atoms with Gasteiger partial charge in [0.2, 0.25) is 5.78 Å². The summed E-state index contributed by atoms with van der Waals surface area (Å²) in [6.45, 7) is 11.2. The zero-order valence-corrected chi connectivity index (χ0v) is 30.9. The summed E-state index contributed by atoms with van der Waals surface area (Å²) in [7, 11) is 0. The molecule has 0 saturated carbocycles. The fourth-order valence-corrected chi connectivity index (χ4v) is 9.56. The molecule has 0 aliphatic rings. The van der Waals surface area contributed by atoms with E-state index in [-0.39, 0.29) is 11.0 Å². The van der Waals surface area contributed by atoms with Gasteiger partial charge in [-0.1, -0.05) is 98.8 Å². The van der Waals surface area contributed by atoms with Gasteiger partial charge in [0.15, 0.2) is 4.96 Å². The molecule has 0 aliphatic heterocycles. The molecule has 0 unspecified atom stereocenters. The number of nitrogens with zero attached hydrogens (tertiary/aromatic N) is 5. The Hall–Kier alpha value is -5.72. The van der Waals surface area contributed by atoms with Crippen molar-refractivity contribution in [3.8, 4) is 27.9 Å². The molecule has 0 N–H and O–H groups in total. The number of rotatable bonds is 3. The molecule has 0 radical (unpaired) electrons. The van der Waals surface area contributed by atoms with Crippen molar-refractivity contribution < 1.29 is 4.11 Å². The first-order chi connectivity index (χ1) is 26.3. The second kappa shape index (κ2) is 10.9. The molecule has 0 spiro atoms. The topological polar surface area (TPSA) is 39.5 Å². The maximum absolute atomic E-state index is 8.12. The Labute approximate surface area is 310 Å². The third kappa shape index (κ3) is 4.28. The first-order valence-corrected chi connectivity index (χ1v) is 18.6. The van der Waals surface area contributed by atoms with Crippen LogP contribution in [-0.4, -0.2) is 23.3 Å². The van der Waals surface area contributed by atoms with Crippen LogP contribution in [0.2, 0.25) is 0 Å². The highest BCUT2D eigenvalue weighted by molar-refractivity contribution is 7.24. The van der Waals surface area contributed by atoms with Gasteiger partial charge in [0.05, 0.1) is 43.3 Å². The summed E-state index contributed by atoms with van der Waals surface area (Å²) in [5.74, 6) is 0.897. The molecule has 0 saturated heterocycles. The van der Waals surface area contributed by atoms with E-state index in [1.807, 2.05) is 12.1 Å². The molecular formula is C46H39N5S. The van der Waals surface area contributed by atoms with Crippen LogP contribution in [0.1, 0.15) is 52.7 Å². The minimum atomic E-state index is -2.24. The molecule has 6 heteroatoms. The highest BCUT2D eigenvalue weighted by Crippen LogP contribution is 2.44. The van der Waals surface area contributed by atoms with Crippen molar-refractivity contribution in [2.24, 2.45) is 0 Å². The zero-order chi connectivity index (χ0) is 38.1. The van der Waals surface area contributed by atoms with Crippen molar-refractivity contribution in [2.75, 3.05) is 0 Å². The lowest BCUT2D eigenvalue weighted by Crippen LogP contribution is -2.13. The molecule has 4 heterocycles. The van der Waals surface area contributed by atoms with E-state index in [0.29, 0.717) is 5.52 Å². The number of thiazole rings is 1. The number of benzene rings is 6. The van der Waals surface area contributed by atoms with Gasteiger partial charge < -0.3 is 0 Å². The third-order valence-corrected chi connectivity index (χ3v) is 11.9. The number of para-hydroxylation sites is 4. The number of imidazole rings is 3. The van der Waals surface area contributed by atoms with Crippen LogP contribution in [0.3, 0.4) is 0 Å². The summed E-state index contributed by atoms with van der Waals surface area (Å²) in [4.78, 5) is 11.0.